The van der Waals surface area contributed by atoms with Gasteiger partial charge < -0.3 is 5.11 Å². The third kappa shape index (κ3) is 4.36. The highest BCUT2D eigenvalue weighted by Crippen LogP contribution is 2.41. The first-order valence-electron chi connectivity index (χ1n) is 9.20. The van der Waals surface area contributed by atoms with E-state index in [0.29, 0.717) is 16.8 Å². The second-order valence-corrected chi connectivity index (χ2v) is 10.8. The first kappa shape index (κ1) is 23.7. The summed E-state index contributed by atoms with van der Waals surface area (Å²) in [6, 6.07) is 12.9. The fourth-order valence-corrected chi connectivity index (χ4v) is 5.40. The lowest BCUT2D eigenvalue weighted by atomic mass is 10.1. The second kappa shape index (κ2) is 8.41. The van der Waals surface area contributed by atoms with Crippen LogP contribution in [-0.2, 0) is 30.9 Å². The van der Waals surface area contributed by atoms with Gasteiger partial charge in [-0.1, -0.05) is 30.3 Å². The average Bonchev–Trinajstić information content (AvgIpc) is 2.76. The summed E-state index contributed by atoms with van der Waals surface area (Å²) in [6.07, 6.45) is 0. The molecule has 0 unspecified atom stereocenters. The zero-order valence-electron chi connectivity index (χ0n) is 16.7. The van der Waals surface area contributed by atoms with Gasteiger partial charge in [0.1, 0.15) is 16.3 Å². The molecule has 34 heavy (non-hydrogen) atoms. The van der Waals surface area contributed by atoms with Gasteiger partial charge in [-0.25, -0.2) is 8.42 Å². The van der Waals surface area contributed by atoms with Crippen molar-refractivity contribution in [3.8, 4) is 5.75 Å². The van der Waals surface area contributed by atoms with E-state index in [1.165, 1.54) is 18.2 Å². The molecule has 0 saturated heterocycles. The quantitative estimate of drug-likeness (QED) is 0.172. The summed E-state index contributed by atoms with van der Waals surface area (Å²) in [6.45, 7) is 0. The normalized spacial score (nSPS) is 12.8. The van der Waals surface area contributed by atoms with Crippen LogP contribution in [0, 0.1) is 0 Å². The van der Waals surface area contributed by atoms with Crippen LogP contribution in [0.5, 0.6) is 5.75 Å². The van der Waals surface area contributed by atoms with E-state index in [9.17, 15) is 39.5 Å². The van der Waals surface area contributed by atoms with Crippen molar-refractivity contribution < 1.29 is 39.5 Å². The van der Waals surface area contributed by atoms with Crippen LogP contribution in [0.4, 0.5) is 11.4 Å². The van der Waals surface area contributed by atoms with Gasteiger partial charge in [-0.15, -0.1) is 10.2 Å². The molecule has 0 amide bonds. The molecule has 14 heteroatoms. The van der Waals surface area contributed by atoms with E-state index >= 15 is 0 Å². The molecule has 0 aliphatic carbocycles. The average molecular weight is 523 g/mol. The Morgan fingerprint density at radius 1 is 0.765 bits per heavy atom. The molecule has 0 atom stereocenters. The molecule has 4 aromatic carbocycles. The maximum atomic E-state index is 12.0. The van der Waals surface area contributed by atoms with Gasteiger partial charge >= 0.3 is 0 Å². The van der Waals surface area contributed by atoms with Crippen molar-refractivity contribution in [3.63, 3.8) is 0 Å². The predicted octanol–water partition coefficient (Wildman–Crippen LogP) is 3.58. The molecular weight excluding hydrogens is 508 g/mol. The standard InChI is InChI=1S/C20H14N2O9S3/c23-16-7-5-11-9-12(33(26,27)28)10-18(34(29,30)31)19(11)20(16)22-21-15-6-8-17(32(24)25)14-4-2-1-3-13(14)15/h1-10,23,32H,(H,26,27,28)(H,29,30,31)/b22-21+. The van der Waals surface area contributed by atoms with Crippen LogP contribution >= 0.6 is 0 Å². The highest BCUT2D eigenvalue weighted by atomic mass is 32.2. The number of benzene rings is 4. The van der Waals surface area contributed by atoms with Gasteiger partial charge in [0.05, 0.1) is 15.5 Å². The maximum Gasteiger partial charge on any atom is 0.295 e. The first-order chi connectivity index (χ1) is 15.9. The van der Waals surface area contributed by atoms with Crippen molar-refractivity contribution in [2.75, 3.05) is 0 Å². The Hall–Kier alpha value is -3.43. The van der Waals surface area contributed by atoms with Crippen molar-refractivity contribution in [3.05, 3.63) is 60.7 Å². The molecule has 11 nitrogen and oxygen atoms in total. The van der Waals surface area contributed by atoms with E-state index in [2.05, 4.69) is 10.2 Å². The molecule has 0 aromatic heterocycles. The molecule has 0 saturated carbocycles. The van der Waals surface area contributed by atoms with Crippen molar-refractivity contribution in [1.82, 2.24) is 0 Å². The molecule has 4 rings (SSSR count). The van der Waals surface area contributed by atoms with Crippen LogP contribution < -0.4 is 0 Å². The number of azo groups is 1. The van der Waals surface area contributed by atoms with Crippen molar-refractivity contribution in [1.29, 1.82) is 0 Å². The highest BCUT2D eigenvalue weighted by Gasteiger charge is 2.24. The van der Waals surface area contributed by atoms with E-state index in [4.69, 9.17) is 0 Å². The van der Waals surface area contributed by atoms with E-state index in [-0.39, 0.29) is 21.4 Å². The van der Waals surface area contributed by atoms with E-state index in [0.717, 1.165) is 12.1 Å². The van der Waals surface area contributed by atoms with Gasteiger partial charge in [0.25, 0.3) is 20.2 Å². The third-order valence-corrected chi connectivity index (χ3v) is 7.41. The Morgan fingerprint density at radius 2 is 1.44 bits per heavy atom. The molecule has 3 N–H and O–H groups in total. The Bertz CT molecular complexity index is 1800. The molecule has 0 bridgehead atoms. The van der Waals surface area contributed by atoms with Crippen LogP contribution in [0.25, 0.3) is 21.5 Å². The zero-order valence-corrected chi connectivity index (χ0v) is 19.3. The smallest absolute Gasteiger partial charge is 0.295 e. The van der Waals surface area contributed by atoms with Gasteiger partial charge in [-0.05, 0) is 35.7 Å². The minimum absolute atomic E-state index is 0.0592. The number of fused-ring (bicyclic) bond motifs is 2. The van der Waals surface area contributed by atoms with E-state index in [1.807, 2.05) is 0 Å². The number of aromatic hydroxyl groups is 1. The minimum Gasteiger partial charge on any atom is -0.506 e. The summed E-state index contributed by atoms with van der Waals surface area (Å²) in [4.78, 5) is -1.66. The molecule has 0 aliphatic rings. The van der Waals surface area contributed by atoms with Crippen molar-refractivity contribution >= 4 is 63.9 Å². The monoisotopic (exact) mass is 522 g/mol. The molecular formula is C20H14N2O9S3. The van der Waals surface area contributed by atoms with Crippen LogP contribution in [0.2, 0.25) is 0 Å². The van der Waals surface area contributed by atoms with Gasteiger partial charge in [0, 0.05) is 16.2 Å². The summed E-state index contributed by atoms with van der Waals surface area (Å²) >= 11 is 0. The van der Waals surface area contributed by atoms with Crippen LogP contribution in [0.15, 0.2) is 85.6 Å². The summed E-state index contributed by atoms with van der Waals surface area (Å²) in [5.74, 6) is -0.538. The van der Waals surface area contributed by atoms with Crippen LogP contribution in [-0.4, -0.2) is 39.5 Å². The molecule has 0 fully saturated rings. The molecule has 0 aliphatic heterocycles. The Balaban J connectivity index is 2.02. The number of hydrogen-bond donors (Lipinski definition) is 4. The van der Waals surface area contributed by atoms with Gasteiger partial charge in [0.15, 0.2) is 10.7 Å². The summed E-state index contributed by atoms with van der Waals surface area (Å²) in [5, 5.41) is 18.7. The minimum atomic E-state index is -5.04. The second-order valence-electron chi connectivity index (χ2n) is 7.01. The fourth-order valence-electron chi connectivity index (χ4n) is 3.44. The Labute approximate surface area is 194 Å². The van der Waals surface area contributed by atoms with E-state index < -0.39 is 52.2 Å². The highest BCUT2D eigenvalue weighted by molar-refractivity contribution is 7.86. The molecule has 0 spiro atoms. The number of phenolic OH excluding ortho intramolecular Hbond substituents is 1. The van der Waals surface area contributed by atoms with Gasteiger partial charge in [-0.2, -0.15) is 16.8 Å². The SMILES string of the molecule is O=[SH](=O)c1ccc(/N=N/c2c(O)ccc3cc(S(=O)(=O)O)cc(S(=O)(=O)O)c23)c2ccccc12. The topological polar surface area (TPSA) is 188 Å². The first-order valence-corrected chi connectivity index (χ1v) is 13.3. The largest absolute Gasteiger partial charge is 0.506 e. The van der Waals surface area contributed by atoms with Gasteiger partial charge in [-0.3, -0.25) is 9.11 Å². The predicted molar refractivity (Wildman–Crippen MR) is 122 cm³/mol. The molecule has 0 radical (unpaired) electrons. The van der Waals surface area contributed by atoms with Crippen molar-refractivity contribution in [2.24, 2.45) is 10.2 Å². The summed E-state index contributed by atoms with van der Waals surface area (Å²) in [7, 11) is -12.8. The lowest BCUT2D eigenvalue weighted by Gasteiger charge is -2.10. The number of thiol groups is 1. The lowest BCUT2D eigenvalue weighted by molar-refractivity contribution is 0.477. The number of rotatable bonds is 5. The molecule has 176 valence electrons. The number of nitrogens with zero attached hydrogens (tertiary/aromatic N) is 2. The Morgan fingerprint density at radius 3 is 2.06 bits per heavy atom. The zero-order chi connectivity index (χ0) is 24.8. The van der Waals surface area contributed by atoms with Gasteiger partial charge in [0.2, 0.25) is 0 Å². The van der Waals surface area contributed by atoms with Crippen LogP contribution in [0.3, 0.4) is 0 Å². The lowest BCUT2D eigenvalue weighted by Crippen LogP contribution is -2.04. The Kier molecular flexibility index (Phi) is 5.87. The van der Waals surface area contributed by atoms with Crippen molar-refractivity contribution in [2.45, 2.75) is 14.7 Å². The number of phenols is 1. The van der Waals surface area contributed by atoms with Crippen LogP contribution in [0.1, 0.15) is 0 Å². The maximum absolute atomic E-state index is 12.0. The summed E-state index contributed by atoms with van der Waals surface area (Å²) < 4.78 is 89.2. The fraction of sp³-hybridized carbons (Fsp3) is 0. The van der Waals surface area contributed by atoms with E-state index in [1.54, 1.807) is 24.3 Å². The molecule has 4 aromatic rings. The summed E-state index contributed by atoms with van der Waals surface area (Å²) in [5.41, 5.74) is -0.217. The molecule has 0 heterocycles. The third-order valence-electron chi connectivity index (χ3n) is 4.91. The number of hydrogen-bond acceptors (Lipinski definition) is 9.